The van der Waals surface area contributed by atoms with Crippen LogP contribution in [0.3, 0.4) is 0 Å². The highest BCUT2D eigenvalue weighted by Gasteiger charge is 2.17. The van der Waals surface area contributed by atoms with Gasteiger partial charge in [0.15, 0.2) is 5.11 Å². The summed E-state index contributed by atoms with van der Waals surface area (Å²) >= 11 is 5.87. The van der Waals surface area contributed by atoms with E-state index in [0.717, 1.165) is 24.0 Å². The average Bonchev–Trinajstić information content (AvgIpc) is 2.70. The van der Waals surface area contributed by atoms with Crippen molar-refractivity contribution in [2.45, 2.75) is 64.1 Å². The average molecular weight is 397 g/mol. The third-order valence-corrected chi connectivity index (χ3v) is 5.84. The highest BCUT2D eigenvalue weighted by Crippen LogP contribution is 2.19. The molecule has 1 fully saturated rings. The van der Waals surface area contributed by atoms with Crippen LogP contribution in [0.5, 0.6) is 5.75 Å². The van der Waals surface area contributed by atoms with E-state index in [1.54, 1.807) is 7.11 Å². The van der Waals surface area contributed by atoms with Crippen LogP contribution in [0, 0.1) is 0 Å². The van der Waals surface area contributed by atoms with Gasteiger partial charge in [-0.25, -0.2) is 0 Å². The third kappa shape index (κ3) is 6.52. The molecule has 2 aromatic rings. The number of rotatable bonds is 6. The van der Waals surface area contributed by atoms with Gasteiger partial charge in [0, 0.05) is 19.1 Å². The van der Waals surface area contributed by atoms with E-state index in [-0.39, 0.29) is 0 Å². The Morgan fingerprint density at radius 2 is 1.46 bits per heavy atom. The van der Waals surface area contributed by atoms with E-state index < -0.39 is 0 Å². The van der Waals surface area contributed by atoms with Crippen LogP contribution in [0.25, 0.3) is 0 Å². The minimum Gasteiger partial charge on any atom is -0.497 e. The van der Waals surface area contributed by atoms with Gasteiger partial charge in [-0.1, -0.05) is 74.6 Å². The van der Waals surface area contributed by atoms with Crippen molar-refractivity contribution >= 4 is 17.3 Å². The van der Waals surface area contributed by atoms with Crippen molar-refractivity contribution in [2.75, 3.05) is 7.11 Å². The predicted molar refractivity (Wildman–Crippen MR) is 121 cm³/mol. The van der Waals surface area contributed by atoms with Crippen molar-refractivity contribution in [2.24, 2.45) is 0 Å². The summed E-state index contributed by atoms with van der Waals surface area (Å²) in [5, 5.41) is 4.55. The van der Waals surface area contributed by atoms with E-state index in [1.807, 2.05) is 12.1 Å². The van der Waals surface area contributed by atoms with Crippen LogP contribution < -0.4 is 10.1 Å². The van der Waals surface area contributed by atoms with Gasteiger partial charge in [0.25, 0.3) is 0 Å². The summed E-state index contributed by atoms with van der Waals surface area (Å²) in [5.74, 6) is 0.883. The molecule has 0 radical (unpaired) electrons. The Balaban J connectivity index is 1.69. The Morgan fingerprint density at radius 1 is 0.893 bits per heavy atom. The summed E-state index contributed by atoms with van der Waals surface area (Å²) in [6, 6.07) is 19.3. The Bertz CT molecular complexity index is 709. The Morgan fingerprint density at radius 3 is 2.07 bits per heavy atom. The maximum atomic E-state index is 5.87. The number of benzene rings is 2. The number of methoxy groups -OCH3 is 1. The van der Waals surface area contributed by atoms with Crippen LogP contribution in [-0.2, 0) is 13.1 Å². The van der Waals surface area contributed by atoms with Gasteiger partial charge >= 0.3 is 0 Å². The van der Waals surface area contributed by atoms with E-state index in [0.29, 0.717) is 6.04 Å². The molecule has 0 spiro atoms. The fourth-order valence-electron chi connectivity index (χ4n) is 3.82. The van der Waals surface area contributed by atoms with Gasteiger partial charge in [-0.2, -0.15) is 0 Å². The summed E-state index contributed by atoms with van der Waals surface area (Å²) in [5.41, 5.74) is 2.51. The fourth-order valence-corrected chi connectivity index (χ4v) is 4.12. The van der Waals surface area contributed by atoms with Crippen molar-refractivity contribution in [3.05, 3.63) is 65.7 Å². The van der Waals surface area contributed by atoms with Gasteiger partial charge in [-0.3, -0.25) is 0 Å². The normalized spacial score (nSPS) is 15.3. The van der Waals surface area contributed by atoms with Crippen LogP contribution in [-0.4, -0.2) is 23.2 Å². The zero-order chi connectivity index (χ0) is 19.6. The molecule has 0 unspecified atom stereocenters. The molecule has 0 aromatic heterocycles. The first kappa shape index (κ1) is 20.7. The van der Waals surface area contributed by atoms with Gasteiger partial charge in [-0.05, 0) is 48.3 Å². The Kier molecular flexibility index (Phi) is 8.16. The molecule has 2 aromatic carbocycles. The second kappa shape index (κ2) is 11.1. The number of nitrogens with zero attached hydrogens (tertiary/aromatic N) is 1. The molecule has 3 rings (SSSR count). The first-order valence-electron chi connectivity index (χ1n) is 10.5. The maximum absolute atomic E-state index is 5.87. The van der Waals surface area contributed by atoms with Crippen molar-refractivity contribution in [3.63, 3.8) is 0 Å². The minimum atomic E-state index is 0.502. The molecule has 28 heavy (non-hydrogen) atoms. The number of hydrogen-bond donors (Lipinski definition) is 1. The summed E-state index contributed by atoms with van der Waals surface area (Å²) < 4.78 is 5.29. The van der Waals surface area contributed by atoms with E-state index in [2.05, 4.69) is 52.7 Å². The standard InChI is InChI=1S/C24H32N2OS/c1-27-23-16-14-21(15-17-23)19-26(18-20-10-6-5-7-11-20)24(28)25-22-12-8-3-2-4-9-13-22/h5-7,10-11,14-17,22H,2-4,8-9,12-13,18-19H2,1H3,(H,25,28). The lowest BCUT2D eigenvalue weighted by atomic mass is 9.97. The third-order valence-electron chi connectivity index (χ3n) is 5.47. The quantitative estimate of drug-likeness (QED) is 0.635. The zero-order valence-corrected chi connectivity index (χ0v) is 17.7. The summed E-state index contributed by atoms with van der Waals surface area (Å²) in [4.78, 5) is 2.28. The number of hydrogen-bond acceptors (Lipinski definition) is 2. The molecule has 3 nitrogen and oxygen atoms in total. The van der Waals surface area contributed by atoms with E-state index in [9.17, 15) is 0 Å². The molecule has 4 heteroatoms. The molecule has 0 amide bonds. The highest BCUT2D eigenvalue weighted by molar-refractivity contribution is 7.80. The molecular weight excluding hydrogens is 364 g/mol. The van der Waals surface area contributed by atoms with E-state index >= 15 is 0 Å². The monoisotopic (exact) mass is 396 g/mol. The molecule has 0 aliphatic heterocycles. The molecule has 1 saturated carbocycles. The fraction of sp³-hybridized carbons (Fsp3) is 0.458. The number of thiocarbonyl (C=S) groups is 1. The van der Waals surface area contributed by atoms with E-state index in [4.69, 9.17) is 17.0 Å². The van der Waals surface area contributed by atoms with Crippen molar-refractivity contribution in [1.82, 2.24) is 10.2 Å². The van der Waals surface area contributed by atoms with Gasteiger partial charge in [-0.15, -0.1) is 0 Å². The Hall–Kier alpha value is -2.07. The van der Waals surface area contributed by atoms with Crippen molar-refractivity contribution in [3.8, 4) is 5.75 Å². The van der Waals surface area contributed by atoms with Gasteiger partial charge < -0.3 is 15.0 Å². The molecule has 1 N–H and O–H groups in total. The highest BCUT2D eigenvalue weighted by atomic mass is 32.1. The lowest BCUT2D eigenvalue weighted by Crippen LogP contribution is -2.44. The van der Waals surface area contributed by atoms with Crippen LogP contribution >= 0.6 is 12.2 Å². The largest absolute Gasteiger partial charge is 0.497 e. The second-order valence-electron chi connectivity index (χ2n) is 7.68. The van der Waals surface area contributed by atoms with Gasteiger partial charge in [0.1, 0.15) is 5.75 Å². The minimum absolute atomic E-state index is 0.502. The van der Waals surface area contributed by atoms with Crippen LogP contribution in [0.2, 0.25) is 0 Å². The molecule has 1 aliphatic carbocycles. The van der Waals surface area contributed by atoms with Gasteiger partial charge in [0.05, 0.1) is 7.11 Å². The van der Waals surface area contributed by atoms with E-state index in [1.165, 1.54) is 56.1 Å². The number of ether oxygens (including phenoxy) is 1. The molecule has 1 aliphatic rings. The summed E-state index contributed by atoms with van der Waals surface area (Å²) in [6.07, 6.45) is 9.14. The summed E-state index contributed by atoms with van der Waals surface area (Å²) in [7, 11) is 1.70. The predicted octanol–water partition coefficient (Wildman–Crippen LogP) is 5.68. The lowest BCUT2D eigenvalue weighted by Gasteiger charge is -2.30. The molecule has 0 atom stereocenters. The van der Waals surface area contributed by atoms with Crippen molar-refractivity contribution < 1.29 is 4.74 Å². The number of nitrogens with one attached hydrogen (secondary N) is 1. The van der Waals surface area contributed by atoms with Crippen molar-refractivity contribution in [1.29, 1.82) is 0 Å². The van der Waals surface area contributed by atoms with Gasteiger partial charge in [0.2, 0.25) is 0 Å². The smallest absolute Gasteiger partial charge is 0.169 e. The molecule has 150 valence electrons. The Labute approximate surface area is 175 Å². The first-order chi connectivity index (χ1) is 13.7. The molecule has 0 heterocycles. The topological polar surface area (TPSA) is 24.5 Å². The summed E-state index contributed by atoms with van der Waals surface area (Å²) in [6.45, 7) is 1.60. The van der Waals surface area contributed by atoms with Crippen LogP contribution in [0.4, 0.5) is 0 Å². The maximum Gasteiger partial charge on any atom is 0.169 e. The molecule has 0 bridgehead atoms. The SMILES string of the molecule is COc1ccc(CN(Cc2ccccc2)C(=S)NC2CCCCCCC2)cc1. The first-order valence-corrected chi connectivity index (χ1v) is 10.9. The van der Waals surface area contributed by atoms with Crippen LogP contribution in [0.1, 0.15) is 56.1 Å². The molecule has 0 saturated heterocycles. The zero-order valence-electron chi connectivity index (χ0n) is 16.9. The van der Waals surface area contributed by atoms with Crippen LogP contribution in [0.15, 0.2) is 54.6 Å². The molecular formula is C24H32N2OS. The second-order valence-corrected chi connectivity index (χ2v) is 8.07. The lowest BCUT2D eigenvalue weighted by molar-refractivity contribution is 0.370.